The zero-order valence-corrected chi connectivity index (χ0v) is 9.90. The molecule has 0 aliphatic rings. The van der Waals surface area contributed by atoms with Crippen molar-refractivity contribution in [3.63, 3.8) is 0 Å². The average molecular weight is 274 g/mol. The largest absolute Gasteiger partial charge is 0.466 e. The molecule has 2 nitrogen and oxygen atoms in total. The van der Waals surface area contributed by atoms with E-state index < -0.39 is 24.5 Å². The third-order valence-electron chi connectivity index (χ3n) is 2.03. The predicted molar refractivity (Wildman–Crippen MR) is 55.2 cm³/mol. The quantitative estimate of drug-likeness (QED) is 0.305. The fourth-order valence-electron chi connectivity index (χ4n) is 1.10. The highest BCUT2D eigenvalue weighted by molar-refractivity contribution is 5.71. The van der Waals surface area contributed by atoms with Crippen molar-refractivity contribution in [2.75, 3.05) is 6.61 Å². The van der Waals surface area contributed by atoms with Crippen LogP contribution in [0.25, 0.3) is 0 Å². The Balaban J connectivity index is 3.81. The topological polar surface area (TPSA) is 26.3 Å². The number of carbonyl (C=O) groups excluding carboxylic acids is 1. The van der Waals surface area contributed by atoms with E-state index in [1.54, 1.807) is 6.92 Å². The zero-order valence-electron chi connectivity index (χ0n) is 9.90. The van der Waals surface area contributed by atoms with Crippen molar-refractivity contribution in [2.45, 2.75) is 44.7 Å². The summed E-state index contributed by atoms with van der Waals surface area (Å²) in [4.78, 5) is 10.8. The first-order valence-electron chi connectivity index (χ1n) is 5.46. The van der Waals surface area contributed by atoms with Crippen LogP contribution < -0.4 is 0 Å². The lowest BCUT2D eigenvalue weighted by Crippen LogP contribution is -2.36. The molecule has 0 saturated heterocycles. The molecule has 7 heteroatoms. The van der Waals surface area contributed by atoms with Gasteiger partial charge in [0.25, 0.3) is 0 Å². The van der Waals surface area contributed by atoms with E-state index in [-0.39, 0.29) is 25.9 Å². The molecule has 0 heterocycles. The maximum atomic E-state index is 12.4. The van der Waals surface area contributed by atoms with Crippen LogP contribution in [0.4, 0.5) is 22.0 Å². The van der Waals surface area contributed by atoms with Crippen LogP contribution in [0, 0.1) is 0 Å². The van der Waals surface area contributed by atoms with Crippen molar-refractivity contribution < 1.29 is 31.5 Å². The second-order valence-electron chi connectivity index (χ2n) is 3.57. The van der Waals surface area contributed by atoms with Gasteiger partial charge in [-0.15, -0.1) is 0 Å². The van der Waals surface area contributed by atoms with E-state index in [4.69, 9.17) is 0 Å². The number of alkyl halides is 5. The van der Waals surface area contributed by atoms with Crippen molar-refractivity contribution in [1.29, 1.82) is 0 Å². The summed E-state index contributed by atoms with van der Waals surface area (Å²) >= 11 is 0. The summed E-state index contributed by atoms with van der Waals surface area (Å²) in [6.45, 7) is 1.88. The standard InChI is InChI=1S/C11H15F5O2/c1-2-18-9(17)7-5-3-4-6-8-10(12,13)11(14,15)16/h3,5H,2,4,6-8H2,1H3. The van der Waals surface area contributed by atoms with E-state index in [1.807, 2.05) is 0 Å². The number of rotatable bonds is 7. The maximum Gasteiger partial charge on any atom is 0.453 e. The number of esters is 1. The van der Waals surface area contributed by atoms with Gasteiger partial charge in [-0.1, -0.05) is 12.2 Å². The SMILES string of the molecule is CCOC(=O)CC=CCCCC(F)(F)C(F)(F)F. The average Bonchev–Trinajstić information content (AvgIpc) is 2.21. The molecule has 0 fully saturated rings. The number of halogens is 5. The third-order valence-corrected chi connectivity index (χ3v) is 2.03. The molecule has 0 aromatic heterocycles. The summed E-state index contributed by atoms with van der Waals surface area (Å²) in [6.07, 6.45) is -4.21. The molecule has 0 radical (unpaired) electrons. The van der Waals surface area contributed by atoms with Gasteiger partial charge in [-0.2, -0.15) is 22.0 Å². The first-order chi connectivity index (χ1) is 8.20. The van der Waals surface area contributed by atoms with Crippen LogP contribution in [0.1, 0.15) is 32.6 Å². The van der Waals surface area contributed by atoms with E-state index in [1.165, 1.54) is 12.2 Å². The van der Waals surface area contributed by atoms with Crippen molar-refractivity contribution in [3.8, 4) is 0 Å². The van der Waals surface area contributed by atoms with Gasteiger partial charge in [0.15, 0.2) is 0 Å². The molecule has 0 spiro atoms. The Kier molecular flexibility index (Phi) is 6.86. The summed E-state index contributed by atoms with van der Waals surface area (Å²) in [5, 5.41) is 0. The van der Waals surface area contributed by atoms with Crippen LogP contribution in [0.3, 0.4) is 0 Å². The van der Waals surface area contributed by atoms with Crippen LogP contribution in [-0.4, -0.2) is 24.7 Å². The van der Waals surface area contributed by atoms with E-state index in [0.29, 0.717) is 0 Å². The van der Waals surface area contributed by atoms with Crippen molar-refractivity contribution in [2.24, 2.45) is 0 Å². The Morgan fingerprint density at radius 2 is 1.78 bits per heavy atom. The summed E-state index contributed by atoms with van der Waals surface area (Å²) in [5.41, 5.74) is 0. The normalized spacial score (nSPS) is 13.0. The number of hydrogen-bond acceptors (Lipinski definition) is 2. The molecule has 0 aliphatic heterocycles. The zero-order chi connectivity index (χ0) is 14.2. The van der Waals surface area contributed by atoms with Crippen LogP contribution in [0.5, 0.6) is 0 Å². The highest BCUT2D eigenvalue weighted by Gasteiger charge is 2.56. The lowest BCUT2D eigenvalue weighted by molar-refractivity contribution is -0.284. The molecular formula is C11H15F5O2. The Hall–Kier alpha value is -1.14. The lowest BCUT2D eigenvalue weighted by atomic mass is 10.1. The molecule has 0 bridgehead atoms. The van der Waals surface area contributed by atoms with Gasteiger partial charge in [0, 0.05) is 6.42 Å². The maximum absolute atomic E-state index is 12.4. The Labute approximate surface area is 102 Å². The second-order valence-corrected chi connectivity index (χ2v) is 3.57. The minimum Gasteiger partial charge on any atom is -0.466 e. The molecule has 0 aromatic carbocycles. The van der Waals surface area contributed by atoms with E-state index in [0.717, 1.165) is 0 Å². The minimum atomic E-state index is -5.50. The van der Waals surface area contributed by atoms with Crippen LogP contribution in [-0.2, 0) is 9.53 Å². The fraction of sp³-hybridized carbons (Fsp3) is 0.727. The van der Waals surface area contributed by atoms with Crippen LogP contribution in [0.15, 0.2) is 12.2 Å². The molecule has 0 aromatic rings. The monoisotopic (exact) mass is 274 g/mol. The molecule has 0 unspecified atom stereocenters. The first kappa shape index (κ1) is 16.9. The van der Waals surface area contributed by atoms with Gasteiger partial charge < -0.3 is 4.74 Å². The molecule has 18 heavy (non-hydrogen) atoms. The van der Waals surface area contributed by atoms with E-state index in [2.05, 4.69) is 4.74 Å². The van der Waals surface area contributed by atoms with Crippen molar-refractivity contribution in [3.05, 3.63) is 12.2 Å². The third kappa shape index (κ3) is 6.56. The van der Waals surface area contributed by atoms with Gasteiger partial charge >= 0.3 is 18.1 Å². The number of carbonyl (C=O) groups is 1. The van der Waals surface area contributed by atoms with Crippen LogP contribution in [0.2, 0.25) is 0 Å². The second kappa shape index (κ2) is 7.33. The van der Waals surface area contributed by atoms with Crippen molar-refractivity contribution >= 4 is 5.97 Å². The smallest absolute Gasteiger partial charge is 0.453 e. The van der Waals surface area contributed by atoms with Gasteiger partial charge in [-0.3, -0.25) is 4.79 Å². The number of ether oxygens (including phenoxy) is 1. The van der Waals surface area contributed by atoms with Gasteiger partial charge in [0.2, 0.25) is 0 Å². The molecule has 0 atom stereocenters. The van der Waals surface area contributed by atoms with E-state index >= 15 is 0 Å². The molecule has 0 rings (SSSR count). The Morgan fingerprint density at radius 1 is 1.17 bits per heavy atom. The fourth-order valence-corrected chi connectivity index (χ4v) is 1.10. The molecule has 0 N–H and O–H groups in total. The number of hydrogen-bond donors (Lipinski definition) is 0. The first-order valence-corrected chi connectivity index (χ1v) is 5.46. The number of unbranched alkanes of at least 4 members (excludes halogenated alkanes) is 1. The number of allylic oxidation sites excluding steroid dienone is 1. The Bertz CT molecular complexity index is 284. The van der Waals surface area contributed by atoms with Gasteiger partial charge in [0.05, 0.1) is 13.0 Å². The predicted octanol–water partition coefficient (Wildman–Crippen LogP) is 3.86. The molecular weight excluding hydrogens is 259 g/mol. The molecule has 0 aliphatic carbocycles. The molecule has 0 amide bonds. The summed E-state index contributed by atoms with van der Waals surface area (Å²) < 4.78 is 64.8. The van der Waals surface area contributed by atoms with Crippen LogP contribution >= 0.6 is 0 Å². The summed E-state index contributed by atoms with van der Waals surface area (Å²) in [7, 11) is 0. The van der Waals surface area contributed by atoms with Gasteiger partial charge in [0.1, 0.15) is 0 Å². The molecule has 106 valence electrons. The molecule has 0 saturated carbocycles. The summed E-state index contributed by atoms with van der Waals surface area (Å²) in [5.74, 6) is -5.11. The van der Waals surface area contributed by atoms with E-state index in [9.17, 15) is 26.7 Å². The van der Waals surface area contributed by atoms with Crippen molar-refractivity contribution in [1.82, 2.24) is 0 Å². The minimum absolute atomic E-state index is 0.0104. The van der Waals surface area contributed by atoms with Gasteiger partial charge in [-0.25, -0.2) is 0 Å². The lowest BCUT2D eigenvalue weighted by Gasteiger charge is -2.18. The summed E-state index contributed by atoms with van der Waals surface area (Å²) in [6, 6.07) is 0. The highest BCUT2D eigenvalue weighted by atomic mass is 19.4. The van der Waals surface area contributed by atoms with Gasteiger partial charge in [-0.05, 0) is 19.8 Å². The Morgan fingerprint density at radius 3 is 2.28 bits per heavy atom. The highest BCUT2D eigenvalue weighted by Crippen LogP contribution is 2.39.